The Bertz CT molecular complexity index is 995. The molecule has 1 amide bonds. The molecule has 3 rings (SSSR count). The molecule has 0 aliphatic carbocycles. The molecular weight excluding hydrogens is 370 g/mol. The third-order valence-corrected chi connectivity index (χ3v) is 4.42. The number of benzene rings is 2. The van der Waals surface area contributed by atoms with Gasteiger partial charge in [0.25, 0.3) is 5.56 Å². The van der Waals surface area contributed by atoms with Crippen LogP contribution in [0.2, 0.25) is 0 Å². The first-order valence-corrected chi connectivity index (χ1v) is 8.26. The van der Waals surface area contributed by atoms with E-state index in [1.165, 1.54) is 10.9 Å². The van der Waals surface area contributed by atoms with Crippen LogP contribution in [-0.2, 0) is 11.3 Å². The topological polar surface area (TPSA) is 64.0 Å². The van der Waals surface area contributed by atoms with Gasteiger partial charge in [0.2, 0.25) is 5.91 Å². The largest absolute Gasteiger partial charge is 0.324 e. The average Bonchev–Trinajstić information content (AvgIpc) is 2.53. The number of hydrogen-bond acceptors (Lipinski definition) is 3. The number of para-hydroxylation sites is 1. The van der Waals surface area contributed by atoms with E-state index in [0.717, 1.165) is 15.6 Å². The van der Waals surface area contributed by atoms with E-state index in [2.05, 4.69) is 26.2 Å². The molecule has 1 N–H and O–H groups in total. The third-order valence-electron chi connectivity index (χ3n) is 3.77. The summed E-state index contributed by atoms with van der Waals surface area (Å²) in [6, 6.07) is 11.1. The predicted octanol–water partition coefficient (Wildman–Crippen LogP) is 3.41. The number of nitrogens with one attached hydrogen (secondary N) is 1. The van der Waals surface area contributed by atoms with E-state index >= 15 is 0 Å². The van der Waals surface area contributed by atoms with Crippen LogP contribution in [0.1, 0.15) is 11.1 Å². The summed E-state index contributed by atoms with van der Waals surface area (Å²) in [5.41, 5.74) is 3.14. The molecular formula is C18H16BrN3O2. The second kappa shape index (κ2) is 6.57. The Morgan fingerprint density at radius 3 is 2.79 bits per heavy atom. The Balaban J connectivity index is 1.86. The van der Waals surface area contributed by atoms with E-state index in [0.29, 0.717) is 16.6 Å². The van der Waals surface area contributed by atoms with Crippen LogP contribution in [0.5, 0.6) is 0 Å². The quantitative estimate of drug-likeness (QED) is 0.751. The van der Waals surface area contributed by atoms with Crippen LogP contribution in [0.15, 0.2) is 52.0 Å². The monoisotopic (exact) mass is 385 g/mol. The van der Waals surface area contributed by atoms with E-state index in [4.69, 9.17) is 0 Å². The molecule has 0 aliphatic heterocycles. The average molecular weight is 386 g/mol. The minimum atomic E-state index is -0.282. The lowest BCUT2D eigenvalue weighted by Gasteiger charge is -2.10. The highest BCUT2D eigenvalue weighted by Gasteiger charge is 2.10. The standard InChI is InChI=1S/C18H16BrN3O2/c1-11-6-7-15(14(19)8-11)21-16(23)9-22-10-20-17-12(2)4-3-5-13(17)18(22)24/h3-8,10H,9H2,1-2H3,(H,21,23). The molecule has 3 aromatic rings. The Morgan fingerprint density at radius 2 is 2.04 bits per heavy atom. The molecule has 0 unspecified atom stereocenters. The Hall–Kier alpha value is -2.47. The molecule has 0 aliphatic rings. The number of amides is 1. The van der Waals surface area contributed by atoms with Crippen molar-refractivity contribution in [2.75, 3.05) is 5.32 Å². The minimum Gasteiger partial charge on any atom is -0.324 e. The Labute approximate surface area is 147 Å². The number of halogens is 1. The number of rotatable bonds is 3. The molecule has 0 saturated heterocycles. The summed E-state index contributed by atoms with van der Waals surface area (Å²) in [5, 5.41) is 3.31. The first kappa shape index (κ1) is 16.4. The fraction of sp³-hybridized carbons (Fsp3) is 0.167. The van der Waals surface area contributed by atoms with Crippen LogP contribution in [0.25, 0.3) is 10.9 Å². The number of fused-ring (bicyclic) bond motifs is 1. The van der Waals surface area contributed by atoms with Crippen molar-refractivity contribution in [3.05, 3.63) is 68.7 Å². The van der Waals surface area contributed by atoms with Crippen molar-refractivity contribution in [1.82, 2.24) is 9.55 Å². The molecule has 0 radical (unpaired) electrons. The number of aryl methyl sites for hydroxylation is 2. The molecule has 6 heteroatoms. The molecule has 122 valence electrons. The smallest absolute Gasteiger partial charge is 0.261 e. The van der Waals surface area contributed by atoms with E-state index in [9.17, 15) is 9.59 Å². The summed E-state index contributed by atoms with van der Waals surface area (Å²) in [7, 11) is 0. The number of carbonyl (C=O) groups excluding carboxylic acids is 1. The molecule has 0 saturated carbocycles. The SMILES string of the molecule is Cc1ccc(NC(=O)Cn2cnc3c(C)cccc3c2=O)c(Br)c1. The lowest BCUT2D eigenvalue weighted by molar-refractivity contribution is -0.116. The number of nitrogens with zero attached hydrogens (tertiary/aromatic N) is 2. The first-order valence-electron chi connectivity index (χ1n) is 7.46. The van der Waals surface area contributed by atoms with E-state index in [1.54, 1.807) is 6.07 Å². The maximum atomic E-state index is 12.5. The van der Waals surface area contributed by atoms with Crippen molar-refractivity contribution < 1.29 is 4.79 Å². The van der Waals surface area contributed by atoms with Gasteiger partial charge in [0.15, 0.2) is 0 Å². The molecule has 1 aromatic heterocycles. The summed E-state index contributed by atoms with van der Waals surface area (Å²) in [6.07, 6.45) is 1.42. The number of hydrogen-bond donors (Lipinski definition) is 1. The molecule has 2 aromatic carbocycles. The maximum Gasteiger partial charge on any atom is 0.261 e. The van der Waals surface area contributed by atoms with Crippen molar-refractivity contribution in [3.63, 3.8) is 0 Å². The van der Waals surface area contributed by atoms with Crippen molar-refractivity contribution in [2.24, 2.45) is 0 Å². The highest BCUT2D eigenvalue weighted by atomic mass is 79.9. The van der Waals surface area contributed by atoms with Gasteiger partial charge in [-0.15, -0.1) is 0 Å². The Morgan fingerprint density at radius 1 is 1.25 bits per heavy atom. The highest BCUT2D eigenvalue weighted by Crippen LogP contribution is 2.23. The van der Waals surface area contributed by atoms with Gasteiger partial charge >= 0.3 is 0 Å². The summed E-state index contributed by atoms with van der Waals surface area (Å²) in [6.45, 7) is 3.79. The summed E-state index contributed by atoms with van der Waals surface area (Å²) in [4.78, 5) is 29.1. The van der Waals surface area contributed by atoms with Gasteiger partial charge in [-0.2, -0.15) is 0 Å². The number of aromatic nitrogens is 2. The van der Waals surface area contributed by atoms with Gasteiger partial charge in [-0.1, -0.05) is 18.2 Å². The van der Waals surface area contributed by atoms with Crippen LogP contribution in [0.3, 0.4) is 0 Å². The molecule has 0 spiro atoms. The van der Waals surface area contributed by atoms with Gasteiger partial charge < -0.3 is 5.32 Å². The van der Waals surface area contributed by atoms with Crippen molar-refractivity contribution in [1.29, 1.82) is 0 Å². The zero-order valence-electron chi connectivity index (χ0n) is 13.3. The zero-order valence-corrected chi connectivity index (χ0v) is 14.9. The van der Waals surface area contributed by atoms with Crippen LogP contribution in [0.4, 0.5) is 5.69 Å². The second-order valence-corrected chi connectivity index (χ2v) is 6.53. The van der Waals surface area contributed by atoms with Gasteiger partial charge in [-0.25, -0.2) is 4.98 Å². The lowest BCUT2D eigenvalue weighted by Crippen LogP contribution is -2.28. The van der Waals surface area contributed by atoms with Gasteiger partial charge in [-0.3, -0.25) is 14.2 Å². The highest BCUT2D eigenvalue weighted by molar-refractivity contribution is 9.10. The molecule has 0 fully saturated rings. The second-order valence-electron chi connectivity index (χ2n) is 5.68. The van der Waals surface area contributed by atoms with Gasteiger partial charge in [-0.05, 0) is 59.1 Å². The molecule has 1 heterocycles. The Kier molecular flexibility index (Phi) is 4.49. The maximum absolute atomic E-state index is 12.5. The van der Waals surface area contributed by atoms with Gasteiger partial charge in [0.1, 0.15) is 6.54 Å². The predicted molar refractivity (Wildman–Crippen MR) is 98.2 cm³/mol. The van der Waals surface area contributed by atoms with Crippen LogP contribution in [-0.4, -0.2) is 15.5 Å². The van der Waals surface area contributed by atoms with E-state index in [1.807, 2.05) is 44.2 Å². The van der Waals surface area contributed by atoms with Crippen LogP contribution >= 0.6 is 15.9 Å². The lowest BCUT2D eigenvalue weighted by atomic mass is 10.1. The fourth-order valence-corrected chi connectivity index (χ4v) is 3.11. The minimum absolute atomic E-state index is 0.0873. The number of anilines is 1. The zero-order chi connectivity index (χ0) is 17.3. The first-order chi connectivity index (χ1) is 11.5. The summed E-state index contributed by atoms with van der Waals surface area (Å²) in [5.74, 6) is -0.282. The number of carbonyl (C=O) groups is 1. The van der Waals surface area contributed by atoms with Crippen molar-refractivity contribution in [3.8, 4) is 0 Å². The van der Waals surface area contributed by atoms with Gasteiger partial charge in [0, 0.05) is 4.47 Å². The fourth-order valence-electron chi connectivity index (χ4n) is 2.52. The van der Waals surface area contributed by atoms with E-state index in [-0.39, 0.29) is 18.0 Å². The normalized spacial score (nSPS) is 10.8. The van der Waals surface area contributed by atoms with Gasteiger partial charge in [0.05, 0.1) is 22.9 Å². The van der Waals surface area contributed by atoms with E-state index < -0.39 is 0 Å². The van der Waals surface area contributed by atoms with Crippen molar-refractivity contribution >= 4 is 38.4 Å². The summed E-state index contributed by atoms with van der Waals surface area (Å²) >= 11 is 3.42. The molecule has 5 nitrogen and oxygen atoms in total. The van der Waals surface area contributed by atoms with Crippen LogP contribution < -0.4 is 10.9 Å². The van der Waals surface area contributed by atoms with Crippen molar-refractivity contribution in [2.45, 2.75) is 20.4 Å². The summed E-state index contributed by atoms with van der Waals surface area (Å²) < 4.78 is 2.12. The molecule has 24 heavy (non-hydrogen) atoms. The molecule has 0 bridgehead atoms. The van der Waals surface area contributed by atoms with Crippen LogP contribution in [0, 0.1) is 13.8 Å². The molecule has 0 atom stereocenters. The third kappa shape index (κ3) is 3.23.